The van der Waals surface area contributed by atoms with Crippen LogP contribution in [0.25, 0.3) is 0 Å². The first kappa shape index (κ1) is 7.32. The van der Waals surface area contributed by atoms with Gasteiger partial charge < -0.3 is 5.73 Å². The van der Waals surface area contributed by atoms with E-state index >= 15 is 0 Å². The van der Waals surface area contributed by atoms with E-state index in [1.807, 2.05) is 0 Å². The normalized spacial score (nSPS) is 8.12. The first-order valence-electron chi connectivity index (χ1n) is 1.84. The van der Waals surface area contributed by atoms with Crippen LogP contribution in [0, 0.1) is 0 Å². The highest BCUT2D eigenvalue weighted by atomic mass is 35.5. The first-order chi connectivity index (χ1) is 3.43. The van der Waals surface area contributed by atoms with Crippen LogP contribution in [0.1, 0.15) is 0 Å². The smallest absolute Gasteiger partial charge is 0.139 e. The highest BCUT2D eigenvalue weighted by Crippen LogP contribution is 1.64. The number of hydrogen-bond donors (Lipinski definition) is 1. The molecule has 0 saturated heterocycles. The molecule has 0 aliphatic carbocycles. The maximum atomic E-state index is 5.11. The maximum Gasteiger partial charge on any atom is 0.139 e. The molecule has 0 spiro atoms. The molecule has 1 aromatic rings. The zero-order valence-electron chi connectivity index (χ0n) is 4.06. The standard InChI is InChI=1S/C2H5N5.ClH/c3-1-7-2-4-5-6-7;/h2H,1,3H2;1H. The van der Waals surface area contributed by atoms with Gasteiger partial charge in [0.05, 0.1) is 6.67 Å². The second-order valence-corrected chi connectivity index (χ2v) is 1.03. The van der Waals surface area contributed by atoms with Gasteiger partial charge in [0.2, 0.25) is 0 Å². The summed E-state index contributed by atoms with van der Waals surface area (Å²) in [7, 11) is 0. The summed E-state index contributed by atoms with van der Waals surface area (Å²) in [6.45, 7) is 0.340. The molecule has 0 atom stereocenters. The maximum absolute atomic E-state index is 5.11. The molecule has 0 fully saturated rings. The average molecular weight is 136 g/mol. The van der Waals surface area contributed by atoms with Crippen molar-refractivity contribution in [1.82, 2.24) is 20.2 Å². The third-order valence-electron chi connectivity index (χ3n) is 0.579. The van der Waals surface area contributed by atoms with Crippen LogP contribution in [0.5, 0.6) is 0 Å². The Bertz CT molecular complexity index is 125. The molecule has 1 aromatic heterocycles. The highest BCUT2D eigenvalue weighted by molar-refractivity contribution is 5.85. The summed E-state index contributed by atoms with van der Waals surface area (Å²) in [6.07, 6.45) is 1.46. The van der Waals surface area contributed by atoms with Gasteiger partial charge in [0, 0.05) is 0 Å². The van der Waals surface area contributed by atoms with E-state index in [1.165, 1.54) is 11.0 Å². The lowest BCUT2D eigenvalue weighted by atomic mass is 11.1. The summed E-state index contributed by atoms with van der Waals surface area (Å²) < 4.78 is 1.43. The Morgan fingerprint density at radius 3 is 2.62 bits per heavy atom. The summed E-state index contributed by atoms with van der Waals surface area (Å²) >= 11 is 0. The molecule has 2 N–H and O–H groups in total. The monoisotopic (exact) mass is 135 g/mol. The van der Waals surface area contributed by atoms with Gasteiger partial charge in [-0.25, -0.2) is 4.68 Å². The number of aromatic nitrogens is 4. The predicted octanol–water partition coefficient (Wildman–Crippen LogP) is -0.989. The van der Waals surface area contributed by atoms with Gasteiger partial charge in [0.25, 0.3) is 0 Å². The molecule has 0 amide bonds. The van der Waals surface area contributed by atoms with Gasteiger partial charge in [-0.2, -0.15) is 0 Å². The van der Waals surface area contributed by atoms with Crippen LogP contribution in [0.3, 0.4) is 0 Å². The Kier molecular flexibility index (Phi) is 3.05. The fourth-order valence-corrected chi connectivity index (χ4v) is 0.264. The van der Waals surface area contributed by atoms with Crippen molar-refractivity contribution >= 4 is 12.4 Å². The summed E-state index contributed by atoms with van der Waals surface area (Å²) in [6, 6.07) is 0. The Labute approximate surface area is 52.3 Å². The molecule has 1 rings (SSSR count). The van der Waals surface area contributed by atoms with E-state index in [1.54, 1.807) is 0 Å². The van der Waals surface area contributed by atoms with E-state index in [0.717, 1.165) is 0 Å². The molecular weight excluding hydrogens is 130 g/mol. The first-order valence-corrected chi connectivity index (χ1v) is 1.84. The molecule has 0 radical (unpaired) electrons. The second kappa shape index (κ2) is 3.34. The predicted molar refractivity (Wildman–Crippen MR) is 29.3 cm³/mol. The number of halogens is 1. The lowest BCUT2D eigenvalue weighted by molar-refractivity contribution is 0.608. The van der Waals surface area contributed by atoms with Crippen molar-refractivity contribution in [2.45, 2.75) is 6.67 Å². The lowest BCUT2D eigenvalue weighted by Gasteiger charge is -1.83. The number of nitrogens with zero attached hydrogens (tertiary/aromatic N) is 4. The number of tetrazole rings is 1. The molecule has 0 saturated carbocycles. The van der Waals surface area contributed by atoms with Crippen LogP contribution in [0.4, 0.5) is 0 Å². The fourth-order valence-electron chi connectivity index (χ4n) is 0.264. The zero-order valence-corrected chi connectivity index (χ0v) is 4.88. The Hall–Kier alpha value is -0.680. The third-order valence-corrected chi connectivity index (χ3v) is 0.579. The Morgan fingerprint density at radius 1 is 1.62 bits per heavy atom. The summed E-state index contributed by atoms with van der Waals surface area (Å²) in [5.41, 5.74) is 5.11. The molecule has 5 nitrogen and oxygen atoms in total. The molecule has 6 heteroatoms. The van der Waals surface area contributed by atoms with Crippen LogP contribution < -0.4 is 5.73 Å². The quantitative estimate of drug-likeness (QED) is 0.537. The van der Waals surface area contributed by atoms with Crippen molar-refractivity contribution in [2.75, 3.05) is 0 Å². The number of rotatable bonds is 1. The van der Waals surface area contributed by atoms with Gasteiger partial charge in [0.1, 0.15) is 6.33 Å². The van der Waals surface area contributed by atoms with Gasteiger partial charge in [-0.3, -0.25) is 0 Å². The largest absolute Gasteiger partial charge is 0.312 e. The molecule has 0 aliphatic rings. The van der Waals surface area contributed by atoms with Gasteiger partial charge in [0.15, 0.2) is 0 Å². The van der Waals surface area contributed by atoms with E-state index in [2.05, 4.69) is 15.5 Å². The average Bonchev–Trinajstić information content (AvgIpc) is 2.14. The van der Waals surface area contributed by atoms with Crippen molar-refractivity contribution in [3.8, 4) is 0 Å². The lowest BCUT2D eigenvalue weighted by Crippen LogP contribution is -2.06. The van der Waals surface area contributed by atoms with Crippen molar-refractivity contribution in [1.29, 1.82) is 0 Å². The molecule has 46 valence electrons. The van der Waals surface area contributed by atoms with Crippen molar-refractivity contribution < 1.29 is 0 Å². The van der Waals surface area contributed by atoms with Crippen molar-refractivity contribution in [3.05, 3.63) is 6.33 Å². The van der Waals surface area contributed by atoms with E-state index in [4.69, 9.17) is 5.73 Å². The Balaban J connectivity index is 0.000000490. The van der Waals surface area contributed by atoms with Gasteiger partial charge in [-0.1, -0.05) is 0 Å². The Morgan fingerprint density at radius 2 is 2.38 bits per heavy atom. The molecule has 0 bridgehead atoms. The third kappa shape index (κ3) is 1.43. The topological polar surface area (TPSA) is 69.6 Å². The fraction of sp³-hybridized carbons (Fsp3) is 0.500. The molecule has 0 unspecified atom stereocenters. The van der Waals surface area contributed by atoms with Crippen LogP contribution in [-0.2, 0) is 6.67 Å². The number of hydrogen-bond acceptors (Lipinski definition) is 4. The second-order valence-electron chi connectivity index (χ2n) is 1.03. The van der Waals surface area contributed by atoms with E-state index < -0.39 is 0 Å². The SMILES string of the molecule is Cl.NCn1cnnn1. The van der Waals surface area contributed by atoms with E-state index in [9.17, 15) is 0 Å². The van der Waals surface area contributed by atoms with Crippen LogP contribution in [0.2, 0.25) is 0 Å². The van der Waals surface area contributed by atoms with Crippen molar-refractivity contribution in [3.63, 3.8) is 0 Å². The van der Waals surface area contributed by atoms with E-state index in [0.29, 0.717) is 6.67 Å². The van der Waals surface area contributed by atoms with Gasteiger partial charge in [-0.05, 0) is 10.4 Å². The van der Waals surface area contributed by atoms with Gasteiger partial charge >= 0.3 is 0 Å². The molecule has 8 heavy (non-hydrogen) atoms. The minimum atomic E-state index is 0. The molecule has 1 heterocycles. The van der Waals surface area contributed by atoms with E-state index in [-0.39, 0.29) is 12.4 Å². The molecular formula is C2H6ClN5. The number of nitrogens with two attached hydrogens (primary N) is 1. The summed E-state index contributed by atoms with van der Waals surface area (Å²) in [5.74, 6) is 0. The molecule has 0 aromatic carbocycles. The van der Waals surface area contributed by atoms with Crippen LogP contribution in [-0.4, -0.2) is 20.2 Å². The summed E-state index contributed by atoms with van der Waals surface area (Å²) in [5, 5.41) is 10.2. The van der Waals surface area contributed by atoms with Crippen molar-refractivity contribution in [2.24, 2.45) is 5.73 Å². The zero-order chi connectivity index (χ0) is 5.11. The minimum absolute atomic E-state index is 0. The highest BCUT2D eigenvalue weighted by Gasteiger charge is 1.80. The molecule has 0 aliphatic heterocycles. The van der Waals surface area contributed by atoms with Crippen LogP contribution in [0.15, 0.2) is 6.33 Å². The van der Waals surface area contributed by atoms with Crippen LogP contribution >= 0.6 is 12.4 Å². The summed E-state index contributed by atoms with van der Waals surface area (Å²) in [4.78, 5) is 0. The van der Waals surface area contributed by atoms with Gasteiger partial charge in [-0.15, -0.1) is 17.5 Å². The minimum Gasteiger partial charge on any atom is -0.312 e.